The summed E-state index contributed by atoms with van der Waals surface area (Å²) in [5.74, 6) is 0.752. The average Bonchev–Trinajstić information content (AvgIpc) is 2.91. The predicted molar refractivity (Wildman–Crippen MR) is 86.7 cm³/mol. The van der Waals surface area contributed by atoms with Crippen LogP contribution in [0.3, 0.4) is 0 Å². The Balaban J connectivity index is 1.68. The Morgan fingerprint density at radius 3 is 2.95 bits per heavy atom. The second-order valence-electron chi connectivity index (χ2n) is 6.49. The van der Waals surface area contributed by atoms with E-state index in [2.05, 4.69) is 23.7 Å². The molecule has 3 nitrogen and oxygen atoms in total. The number of hydrogen-bond acceptors (Lipinski definition) is 2. The second-order valence-corrected chi connectivity index (χ2v) is 6.49. The maximum Gasteiger partial charge on any atom is 0.179 e. The van der Waals surface area contributed by atoms with Crippen molar-refractivity contribution in [2.75, 3.05) is 13.1 Å². The van der Waals surface area contributed by atoms with Gasteiger partial charge in [0.1, 0.15) is 0 Å². The van der Waals surface area contributed by atoms with Gasteiger partial charge in [-0.3, -0.25) is 4.79 Å². The number of carbonyl (C=O) groups excluding carboxylic acids is 1. The van der Waals surface area contributed by atoms with Gasteiger partial charge in [0.2, 0.25) is 0 Å². The van der Waals surface area contributed by atoms with Crippen LogP contribution in [0, 0.1) is 5.92 Å². The number of ketones is 1. The van der Waals surface area contributed by atoms with Crippen LogP contribution in [-0.2, 0) is 0 Å². The SMILES string of the molecule is CC(C)N1CCC[C@@H](CC(=O)c2cc3ccccc3[nH]2)C1. The van der Waals surface area contributed by atoms with E-state index >= 15 is 0 Å². The van der Waals surface area contributed by atoms with Crippen LogP contribution >= 0.6 is 0 Å². The van der Waals surface area contributed by atoms with E-state index in [0.717, 1.165) is 23.1 Å². The highest BCUT2D eigenvalue weighted by molar-refractivity contribution is 5.99. The van der Waals surface area contributed by atoms with Gasteiger partial charge in [-0.25, -0.2) is 0 Å². The van der Waals surface area contributed by atoms with Crippen LogP contribution in [0.15, 0.2) is 30.3 Å². The summed E-state index contributed by atoms with van der Waals surface area (Å²) in [6.45, 7) is 6.71. The van der Waals surface area contributed by atoms with Crippen LogP contribution in [0.4, 0.5) is 0 Å². The highest BCUT2D eigenvalue weighted by atomic mass is 16.1. The summed E-state index contributed by atoms with van der Waals surface area (Å²) in [4.78, 5) is 18.3. The number of likely N-dealkylation sites (tertiary alicyclic amines) is 1. The van der Waals surface area contributed by atoms with Gasteiger partial charge in [0, 0.05) is 29.9 Å². The fourth-order valence-electron chi connectivity index (χ4n) is 3.33. The molecule has 0 radical (unpaired) electrons. The molecule has 0 unspecified atom stereocenters. The molecule has 3 rings (SSSR count). The molecule has 0 amide bonds. The summed E-state index contributed by atoms with van der Waals surface area (Å²) in [6, 6.07) is 10.6. The topological polar surface area (TPSA) is 36.1 Å². The van der Waals surface area contributed by atoms with Crippen LogP contribution in [0.5, 0.6) is 0 Å². The normalized spacial score (nSPS) is 20.2. The maximum absolute atomic E-state index is 12.5. The molecule has 1 saturated heterocycles. The van der Waals surface area contributed by atoms with E-state index in [1.54, 1.807) is 0 Å². The molecule has 0 saturated carbocycles. The summed E-state index contributed by atoms with van der Waals surface area (Å²) >= 11 is 0. The molecule has 0 spiro atoms. The quantitative estimate of drug-likeness (QED) is 0.865. The minimum Gasteiger partial charge on any atom is -0.352 e. The molecule has 0 bridgehead atoms. The van der Waals surface area contributed by atoms with Crippen molar-refractivity contribution in [2.45, 2.75) is 39.2 Å². The molecule has 2 heterocycles. The summed E-state index contributed by atoms with van der Waals surface area (Å²) in [6.07, 6.45) is 3.05. The molecule has 1 aliphatic rings. The van der Waals surface area contributed by atoms with Crippen molar-refractivity contribution in [3.8, 4) is 0 Å². The van der Waals surface area contributed by atoms with E-state index in [-0.39, 0.29) is 5.78 Å². The zero-order chi connectivity index (χ0) is 14.8. The summed E-state index contributed by atoms with van der Waals surface area (Å²) < 4.78 is 0. The van der Waals surface area contributed by atoms with E-state index in [1.807, 2.05) is 30.3 Å². The van der Waals surface area contributed by atoms with Gasteiger partial charge >= 0.3 is 0 Å². The molecule has 1 N–H and O–H groups in total. The number of Topliss-reactive ketones (excluding diaryl/α,β-unsaturated/α-hetero) is 1. The monoisotopic (exact) mass is 284 g/mol. The van der Waals surface area contributed by atoms with Crippen molar-refractivity contribution in [1.82, 2.24) is 9.88 Å². The third kappa shape index (κ3) is 3.18. The molecular weight excluding hydrogens is 260 g/mol. The molecule has 1 aromatic carbocycles. The van der Waals surface area contributed by atoms with E-state index in [4.69, 9.17) is 0 Å². The van der Waals surface area contributed by atoms with Gasteiger partial charge in [0.15, 0.2) is 5.78 Å². The van der Waals surface area contributed by atoms with Crippen LogP contribution < -0.4 is 0 Å². The molecule has 3 heteroatoms. The Morgan fingerprint density at radius 1 is 1.38 bits per heavy atom. The van der Waals surface area contributed by atoms with Crippen LogP contribution in [0.25, 0.3) is 10.9 Å². The number of carbonyl (C=O) groups is 1. The summed E-state index contributed by atoms with van der Waals surface area (Å²) in [7, 11) is 0. The van der Waals surface area contributed by atoms with Gasteiger partial charge in [-0.15, -0.1) is 0 Å². The minimum absolute atomic E-state index is 0.252. The van der Waals surface area contributed by atoms with E-state index in [0.29, 0.717) is 18.4 Å². The fourth-order valence-corrected chi connectivity index (χ4v) is 3.33. The highest BCUT2D eigenvalue weighted by Crippen LogP contribution is 2.24. The van der Waals surface area contributed by atoms with Crippen molar-refractivity contribution in [3.63, 3.8) is 0 Å². The summed E-state index contributed by atoms with van der Waals surface area (Å²) in [5, 5.41) is 1.12. The fraction of sp³-hybridized carbons (Fsp3) is 0.500. The lowest BCUT2D eigenvalue weighted by molar-refractivity contribution is 0.0886. The van der Waals surface area contributed by atoms with Crippen molar-refractivity contribution in [1.29, 1.82) is 0 Å². The van der Waals surface area contributed by atoms with Crippen molar-refractivity contribution >= 4 is 16.7 Å². The van der Waals surface area contributed by atoms with Gasteiger partial charge in [-0.05, 0) is 51.3 Å². The third-order valence-corrected chi connectivity index (χ3v) is 4.59. The molecule has 112 valence electrons. The van der Waals surface area contributed by atoms with Crippen molar-refractivity contribution < 1.29 is 4.79 Å². The average molecular weight is 284 g/mol. The number of rotatable bonds is 4. The number of hydrogen-bond donors (Lipinski definition) is 1. The first-order valence-electron chi connectivity index (χ1n) is 7.98. The Bertz CT molecular complexity index is 596. The molecule has 1 aromatic heterocycles. The van der Waals surface area contributed by atoms with Gasteiger partial charge in [0.25, 0.3) is 0 Å². The number of aromatic amines is 1. The number of nitrogens with one attached hydrogen (secondary N) is 1. The van der Waals surface area contributed by atoms with E-state index in [9.17, 15) is 4.79 Å². The van der Waals surface area contributed by atoms with Gasteiger partial charge in [-0.2, -0.15) is 0 Å². The minimum atomic E-state index is 0.252. The number of fused-ring (bicyclic) bond motifs is 1. The first-order chi connectivity index (χ1) is 10.1. The lowest BCUT2D eigenvalue weighted by atomic mass is 9.91. The molecule has 1 aliphatic heterocycles. The molecule has 21 heavy (non-hydrogen) atoms. The van der Waals surface area contributed by atoms with Crippen molar-refractivity contribution in [3.05, 3.63) is 36.0 Å². The largest absolute Gasteiger partial charge is 0.352 e. The smallest absolute Gasteiger partial charge is 0.179 e. The van der Waals surface area contributed by atoms with Gasteiger partial charge < -0.3 is 9.88 Å². The first-order valence-corrected chi connectivity index (χ1v) is 7.98. The number of piperidine rings is 1. The van der Waals surface area contributed by atoms with Gasteiger partial charge in [0.05, 0.1) is 5.69 Å². The number of H-pyrrole nitrogens is 1. The van der Waals surface area contributed by atoms with Crippen LogP contribution in [0.2, 0.25) is 0 Å². The first kappa shape index (κ1) is 14.3. The van der Waals surface area contributed by atoms with Gasteiger partial charge in [-0.1, -0.05) is 18.2 Å². The maximum atomic E-state index is 12.5. The number of aromatic nitrogens is 1. The number of para-hydroxylation sites is 1. The number of nitrogens with zero attached hydrogens (tertiary/aromatic N) is 1. The Labute approximate surface area is 126 Å². The summed E-state index contributed by atoms with van der Waals surface area (Å²) in [5.41, 5.74) is 1.81. The number of benzene rings is 1. The Morgan fingerprint density at radius 2 is 2.19 bits per heavy atom. The highest BCUT2D eigenvalue weighted by Gasteiger charge is 2.24. The lowest BCUT2D eigenvalue weighted by Gasteiger charge is -2.35. The molecule has 1 atom stereocenters. The molecule has 1 fully saturated rings. The standard InChI is InChI=1S/C18H24N2O/c1-13(2)20-9-5-6-14(12-20)10-18(21)17-11-15-7-3-4-8-16(15)19-17/h3-4,7-8,11,13-14,19H,5-6,9-10,12H2,1-2H3/t14-/m0/s1. The molecule has 2 aromatic rings. The Kier molecular flexibility index (Phi) is 4.11. The zero-order valence-electron chi connectivity index (χ0n) is 12.9. The predicted octanol–water partition coefficient (Wildman–Crippen LogP) is 3.86. The third-order valence-electron chi connectivity index (χ3n) is 4.59. The Hall–Kier alpha value is -1.61. The van der Waals surface area contributed by atoms with Crippen LogP contribution in [0.1, 0.15) is 43.6 Å². The van der Waals surface area contributed by atoms with Crippen molar-refractivity contribution in [2.24, 2.45) is 5.92 Å². The van der Waals surface area contributed by atoms with E-state index < -0.39 is 0 Å². The van der Waals surface area contributed by atoms with E-state index in [1.165, 1.54) is 19.4 Å². The molecular formula is C18H24N2O. The zero-order valence-corrected chi connectivity index (χ0v) is 12.9. The second kappa shape index (κ2) is 6.02. The lowest BCUT2D eigenvalue weighted by Crippen LogP contribution is -2.40. The van der Waals surface area contributed by atoms with Crippen LogP contribution in [-0.4, -0.2) is 34.8 Å². The molecule has 0 aliphatic carbocycles.